The molecule has 0 unspecified atom stereocenters. The van der Waals surface area contributed by atoms with Crippen LogP contribution in [-0.4, -0.2) is 47.2 Å². The van der Waals surface area contributed by atoms with Crippen molar-refractivity contribution in [1.82, 2.24) is 4.98 Å². The van der Waals surface area contributed by atoms with E-state index in [4.69, 9.17) is 9.84 Å². The Balaban J connectivity index is 1.74. The molecule has 0 saturated heterocycles. The highest BCUT2D eigenvalue weighted by molar-refractivity contribution is 7.99. The number of nitrogens with zero attached hydrogens (tertiary/aromatic N) is 1. The Morgan fingerprint density at radius 2 is 1.95 bits per heavy atom. The molecule has 0 atom stereocenters. The zero-order valence-electron chi connectivity index (χ0n) is 19.8. The highest BCUT2D eigenvalue weighted by Crippen LogP contribution is 2.29. The van der Waals surface area contributed by atoms with E-state index in [0.29, 0.717) is 18.2 Å². The van der Waals surface area contributed by atoms with Gasteiger partial charge in [-0.2, -0.15) is 11.8 Å². The minimum Gasteiger partial charge on any atom is -0.490 e. The predicted octanol–water partition coefficient (Wildman–Crippen LogP) is 5.82. The van der Waals surface area contributed by atoms with E-state index in [9.17, 15) is 18.4 Å². The fourth-order valence-corrected chi connectivity index (χ4v) is 4.38. The molecule has 0 radical (unpaired) electrons. The number of aliphatic carboxylic acids is 1. The van der Waals surface area contributed by atoms with Crippen LogP contribution in [0.5, 0.6) is 0 Å². The van der Waals surface area contributed by atoms with Gasteiger partial charge in [-0.25, -0.2) is 22.9 Å². The molecule has 0 saturated carbocycles. The van der Waals surface area contributed by atoms with Crippen molar-refractivity contribution in [3.05, 3.63) is 75.6 Å². The highest BCUT2D eigenvalue weighted by Gasteiger charge is 2.19. The second-order valence-electron chi connectivity index (χ2n) is 7.39. The number of amides is 1. The number of hydrogen-bond donors (Lipinski definition) is 2. The van der Waals surface area contributed by atoms with E-state index in [0.717, 1.165) is 42.1 Å². The van der Waals surface area contributed by atoms with Crippen LogP contribution in [0.25, 0.3) is 17.3 Å². The number of methoxy groups -OCH3 is 1. The van der Waals surface area contributed by atoms with E-state index in [2.05, 4.69) is 15.0 Å². The first-order valence-electron chi connectivity index (χ1n) is 10.9. The maximum atomic E-state index is 15.0. The van der Waals surface area contributed by atoms with Gasteiger partial charge in [-0.15, -0.1) is 11.3 Å². The monoisotopic (exact) mass is 552 g/mol. The van der Waals surface area contributed by atoms with Crippen molar-refractivity contribution in [1.29, 1.82) is 0 Å². The van der Waals surface area contributed by atoms with E-state index in [-0.39, 0.29) is 28.6 Å². The van der Waals surface area contributed by atoms with E-state index in [1.807, 2.05) is 6.92 Å². The lowest BCUT2D eigenvalue weighted by Gasteiger charge is -2.08. The highest BCUT2D eigenvalue weighted by atomic mass is 32.2. The molecule has 37 heavy (non-hydrogen) atoms. The van der Waals surface area contributed by atoms with E-state index in [1.54, 1.807) is 35.3 Å². The number of anilines is 1. The summed E-state index contributed by atoms with van der Waals surface area (Å²) < 4.78 is 54.0. The summed E-state index contributed by atoms with van der Waals surface area (Å²) in [6, 6.07) is 6.37. The van der Waals surface area contributed by atoms with Crippen LogP contribution >= 0.6 is 23.1 Å². The summed E-state index contributed by atoms with van der Waals surface area (Å²) in [6.07, 6.45) is 0.680. The fourth-order valence-electron chi connectivity index (χ4n) is 3.15. The second-order valence-corrected chi connectivity index (χ2v) is 9.64. The van der Waals surface area contributed by atoms with Crippen molar-refractivity contribution in [2.75, 3.05) is 30.5 Å². The van der Waals surface area contributed by atoms with Gasteiger partial charge >= 0.3 is 5.97 Å². The van der Waals surface area contributed by atoms with Crippen molar-refractivity contribution in [3.63, 3.8) is 0 Å². The molecule has 2 aromatic carbocycles. The molecule has 7 nitrogen and oxygen atoms in total. The van der Waals surface area contributed by atoms with Crippen LogP contribution in [0.4, 0.5) is 18.3 Å². The molecule has 0 aliphatic rings. The molecule has 12 heteroatoms. The van der Waals surface area contributed by atoms with Crippen LogP contribution in [0.3, 0.4) is 0 Å². The van der Waals surface area contributed by atoms with E-state index < -0.39 is 40.7 Å². The molecule has 3 rings (SSSR count). The number of ether oxygens (including phenoxy) is 2. The molecule has 0 aliphatic carbocycles. The SMILES string of the molecule is CCSCCOCc1cccc(-c2csc(NC(=O)c3cc(F)c(C=C(OC)C(=O)O)c(F)c3)n2)c1F. The number of halogens is 3. The summed E-state index contributed by atoms with van der Waals surface area (Å²) in [6.45, 7) is 2.66. The summed E-state index contributed by atoms with van der Waals surface area (Å²) in [7, 11) is 1.05. The summed E-state index contributed by atoms with van der Waals surface area (Å²) in [5, 5.41) is 13.0. The summed E-state index contributed by atoms with van der Waals surface area (Å²) in [5.74, 6) is -4.05. The second kappa shape index (κ2) is 13.3. The Kier molecular flexibility index (Phi) is 10.1. The Hall–Kier alpha value is -3.35. The van der Waals surface area contributed by atoms with Crippen molar-refractivity contribution in [3.8, 4) is 11.3 Å². The number of aromatic nitrogens is 1. The first kappa shape index (κ1) is 28.2. The van der Waals surface area contributed by atoms with Crippen molar-refractivity contribution >= 4 is 46.2 Å². The van der Waals surface area contributed by atoms with Gasteiger partial charge in [0.15, 0.2) is 5.13 Å². The number of thioether (sulfide) groups is 1. The average Bonchev–Trinajstić information content (AvgIpc) is 3.32. The first-order valence-corrected chi connectivity index (χ1v) is 13.0. The number of benzene rings is 2. The van der Waals surface area contributed by atoms with Gasteiger partial charge in [0.2, 0.25) is 5.76 Å². The van der Waals surface area contributed by atoms with Gasteiger partial charge in [0.05, 0.1) is 26.0 Å². The summed E-state index contributed by atoms with van der Waals surface area (Å²) in [5.41, 5.74) is -0.154. The minimum absolute atomic E-state index is 0.0926. The quantitative estimate of drug-likeness (QED) is 0.166. The number of rotatable bonds is 12. The minimum atomic E-state index is -1.51. The Labute approximate surface area is 219 Å². The maximum absolute atomic E-state index is 15.0. The van der Waals surface area contributed by atoms with E-state index in [1.165, 1.54) is 0 Å². The Bertz CT molecular complexity index is 1290. The molecule has 1 heterocycles. The normalized spacial score (nSPS) is 11.4. The van der Waals surface area contributed by atoms with Crippen LogP contribution in [0.2, 0.25) is 0 Å². The van der Waals surface area contributed by atoms with Gasteiger partial charge in [0, 0.05) is 39.5 Å². The zero-order valence-corrected chi connectivity index (χ0v) is 21.5. The largest absolute Gasteiger partial charge is 0.490 e. The predicted molar refractivity (Wildman–Crippen MR) is 137 cm³/mol. The fraction of sp³-hybridized carbons (Fsp3) is 0.240. The molecule has 3 aromatic rings. The number of nitrogens with one attached hydrogen (secondary N) is 1. The lowest BCUT2D eigenvalue weighted by molar-refractivity contribution is -0.135. The van der Waals surface area contributed by atoms with Crippen LogP contribution in [-0.2, 0) is 20.9 Å². The van der Waals surface area contributed by atoms with Gasteiger partial charge < -0.3 is 14.6 Å². The number of carbonyl (C=O) groups is 2. The van der Waals surface area contributed by atoms with Crippen LogP contribution in [0.1, 0.15) is 28.4 Å². The van der Waals surface area contributed by atoms with Crippen LogP contribution < -0.4 is 5.32 Å². The molecule has 1 aromatic heterocycles. The van der Waals surface area contributed by atoms with Gasteiger partial charge in [0.25, 0.3) is 5.91 Å². The molecular formula is C25H23F3N2O5S2. The third-order valence-electron chi connectivity index (χ3n) is 4.96. The smallest absolute Gasteiger partial charge is 0.371 e. The molecule has 0 fully saturated rings. The van der Waals surface area contributed by atoms with Gasteiger partial charge in [-0.3, -0.25) is 10.1 Å². The number of carboxylic acids is 1. The summed E-state index contributed by atoms with van der Waals surface area (Å²) >= 11 is 2.74. The number of hydrogen-bond acceptors (Lipinski definition) is 7. The molecule has 0 aliphatic heterocycles. The third-order valence-corrected chi connectivity index (χ3v) is 6.58. The Morgan fingerprint density at radius 1 is 1.22 bits per heavy atom. The van der Waals surface area contributed by atoms with Crippen LogP contribution in [0, 0.1) is 17.5 Å². The Morgan fingerprint density at radius 3 is 2.59 bits per heavy atom. The number of carbonyl (C=O) groups excluding carboxylic acids is 1. The zero-order chi connectivity index (χ0) is 26.9. The van der Waals surface area contributed by atoms with Gasteiger partial charge in [-0.05, 0) is 24.0 Å². The van der Waals surface area contributed by atoms with Crippen molar-refractivity contribution in [2.45, 2.75) is 13.5 Å². The molecule has 0 bridgehead atoms. The number of thiazole rings is 1. The lowest BCUT2D eigenvalue weighted by Crippen LogP contribution is -2.13. The van der Waals surface area contributed by atoms with Crippen molar-refractivity contribution in [2.24, 2.45) is 0 Å². The molecule has 196 valence electrons. The molecular weight excluding hydrogens is 529 g/mol. The molecule has 2 N–H and O–H groups in total. The number of carboxylic acid groups (broad SMARTS) is 1. The molecule has 1 amide bonds. The lowest BCUT2D eigenvalue weighted by atomic mass is 10.1. The van der Waals surface area contributed by atoms with Crippen molar-refractivity contribution < 1.29 is 37.3 Å². The van der Waals surface area contributed by atoms with Crippen LogP contribution in [0.15, 0.2) is 41.5 Å². The average molecular weight is 553 g/mol. The first-order chi connectivity index (χ1) is 17.7. The maximum Gasteiger partial charge on any atom is 0.371 e. The standard InChI is InChI=1S/C25H23F3N2O5S2/c1-3-36-8-7-35-12-14-5-4-6-16(22(14)28)20-13-37-25(29-20)30-23(31)15-9-18(26)17(19(27)10-15)11-21(34-2)24(32)33/h4-6,9-11,13H,3,7-8,12H2,1-2H3,(H,32,33)(H,29,30,31). The van der Waals surface area contributed by atoms with Gasteiger partial charge in [0.1, 0.15) is 17.5 Å². The third kappa shape index (κ3) is 7.34. The topological polar surface area (TPSA) is 97.8 Å². The van der Waals surface area contributed by atoms with E-state index >= 15 is 4.39 Å². The van der Waals surface area contributed by atoms with Gasteiger partial charge in [-0.1, -0.05) is 19.1 Å². The summed E-state index contributed by atoms with van der Waals surface area (Å²) in [4.78, 5) is 27.8. The molecule has 0 spiro atoms.